The summed E-state index contributed by atoms with van der Waals surface area (Å²) in [7, 11) is 4.04. The van der Waals surface area contributed by atoms with Gasteiger partial charge in [-0.2, -0.15) is 0 Å². The van der Waals surface area contributed by atoms with Crippen molar-refractivity contribution in [2.75, 3.05) is 33.7 Å². The third-order valence-electron chi connectivity index (χ3n) is 4.60. The van der Waals surface area contributed by atoms with Crippen molar-refractivity contribution in [3.05, 3.63) is 0 Å². The van der Waals surface area contributed by atoms with Crippen LogP contribution in [-0.2, 0) is 4.79 Å². The fourth-order valence-corrected chi connectivity index (χ4v) is 3.85. The molecule has 0 spiro atoms. The predicted octanol–water partition coefficient (Wildman–Crippen LogP) is 2.27. The highest BCUT2D eigenvalue weighted by Gasteiger charge is 2.42. The number of hydrogen-bond acceptors (Lipinski definition) is 3. The lowest BCUT2D eigenvalue weighted by atomic mass is 9.77. The summed E-state index contributed by atoms with van der Waals surface area (Å²) in [4.78, 5) is 17.6. The molecule has 0 bridgehead atoms. The molecule has 1 fully saturated rings. The molecule has 2 N–H and O–H groups in total. The summed E-state index contributed by atoms with van der Waals surface area (Å²) >= 11 is 5.28. The molecule has 0 aromatic rings. The van der Waals surface area contributed by atoms with Crippen molar-refractivity contribution in [3.63, 3.8) is 0 Å². The molecule has 0 aromatic heterocycles. The van der Waals surface area contributed by atoms with E-state index in [1.54, 1.807) is 0 Å². The second-order valence-electron chi connectivity index (χ2n) is 6.55. The second kappa shape index (κ2) is 8.08. The zero-order valence-corrected chi connectivity index (χ0v) is 14.8. The first kappa shape index (κ1) is 18.4. The smallest absolute Gasteiger partial charge is 0.235 e. The van der Waals surface area contributed by atoms with E-state index >= 15 is 0 Å². The average Bonchev–Trinajstić information content (AvgIpc) is 2.82. The number of thiocarbonyl (C=S) groups is 1. The van der Waals surface area contributed by atoms with Crippen molar-refractivity contribution in [2.24, 2.45) is 17.1 Å². The van der Waals surface area contributed by atoms with E-state index < -0.39 is 5.41 Å². The Hall–Kier alpha value is -0.680. The van der Waals surface area contributed by atoms with Crippen LogP contribution in [0.3, 0.4) is 0 Å². The summed E-state index contributed by atoms with van der Waals surface area (Å²) < 4.78 is 0. The van der Waals surface area contributed by atoms with Crippen molar-refractivity contribution < 1.29 is 4.79 Å². The maximum atomic E-state index is 13.0. The second-order valence-corrected chi connectivity index (χ2v) is 6.99. The molecule has 1 unspecified atom stereocenters. The van der Waals surface area contributed by atoms with Gasteiger partial charge in [-0.1, -0.05) is 38.9 Å². The number of carbonyl (C=O) groups is 1. The topological polar surface area (TPSA) is 49.6 Å². The van der Waals surface area contributed by atoms with Crippen molar-refractivity contribution >= 4 is 23.1 Å². The third-order valence-corrected chi connectivity index (χ3v) is 4.99. The Labute approximate surface area is 135 Å². The zero-order chi connectivity index (χ0) is 16.0. The normalized spacial score (nSPS) is 19.7. The van der Waals surface area contributed by atoms with Gasteiger partial charge in [0.2, 0.25) is 5.91 Å². The van der Waals surface area contributed by atoms with Gasteiger partial charge in [-0.05, 0) is 38.8 Å². The zero-order valence-electron chi connectivity index (χ0n) is 14.0. The molecule has 0 saturated carbocycles. The van der Waals surface area contributed by atoms with Crippen LogP contribution in [-0.4, -0.2) is 54.4 Å². The minimum Gasteiger partial charge on any atom is -0.392 e. The summed E-state index contributed by atoms with van der Waals surface area (Å²) in [6.45, 7) is 7.17. The number of carbonyl (C=O) groups excluding carboxylic acids is 1. The van der Waals surface area contributed by atoms with Crippen molar-refractivity contribution in [3.8, 4) is 0 Å². The molecule has 0 aromatic carbocycles. The molecule has 5 heteroatoms. The molecule has 4 nitrogen and oxygen atoms in total. The first-order valence-electron chi connectivity index (χ1n) is 8.11. The number of nitrogens with two attached hydrogens (primary N) is 1. The lowest BCUT2D eigenvalue weighted by molar-refractivity contribution is -0.138. The Balaban J connectivity index is 2.80. The highest BCUT2D eigenvalue weighted by Crippen LogP contribution is 2.33. The van der Waals surface area contributed by atoms with Gasteiger partial charge in [0, 0.05) is 20.1 Å². The molecular weight excluding hydrogens is 282 g/mol. The standard InChI is InChI=1S/C16H31N3OS/c1-5-8-16(9-6-2,14(17)21)15(20)19(4)12-13-7-10-18(3)11-13/h13H,5-12H2,1-4H3,(H2,17,21). The van der Waals surface area contributed by atoms with E-state index in [4.69, 9.17) is 18.0 Å². The van der Waals surface area contributed by atoms with Crippen molar-refractivity contribution in [2.45, 2.75) is 46.0 Å². The molecular formula is C16H31N3OS. The van der Waals surface area contributed by atoms with Crippen LogP contribution in [0.1, 0.15) is 46.0 Å². The molecule has 0 radical (unpaired) electrons. The van der Waals surface area contributed by atoms with Gasteiger partial charge in [-0.25, -0.2) is 0 Å². The largest absolute Gasteiger partial charge is 0.392 e. The lowest BCUT2D eigenvalue weighted by Gasteiger charge is -2.35. The Bertz CT molecular complexity index is 367. The number of hydrogen-bond donors (Lipinski definition) is 1. The number of nitrogens with zero attached hydrogens (tertiary/aromatic N) is 2. The van der Waals surface area contributed by atoms with Crippen LogP contribution < -0.4 is 5.73 Å². The molecule has 0 aliphatic carbocycles. The van der Waals surface area contributed by atoms with Crippen LogP contribution >= 0.6 is 12.2 Å². The van der Waals surface area contributed by atoms with E-state index in [1.807, 2.05) is 11.9 Å². The molecule has 1 aliphatic heterocycles. The minimum atomic E-state index is -0.641. The van der Waals surface area contributed by atoms with Gasteiger partial charge in [0.05, 0.1) is 10.4 Å². The number of likely N-dealkylation sites (tertiary alicyclic amines) is 1. The van der Waals surface area contributed by atoms with Gasteiger partial charge in [0.15, 0.2) is 0 Å². The molecule has 1 heterocycles. The molecule has 1 saturated heterocycles. The monoisotopic (exact) mass is 313 g/mol. The van der Waals surface area contributed by atoms with Crippen LogP contribution in [0.2, 0.25) is 0 Å². The van der Waals surface area contributed by atoms with Gasteiger partial charge in [0.1, 0.15) is 0 Å². The van der Waals surface area contributed by atoms with E-state index in [0.29, 0.717) is 10.9 Å². The molecule has 1 amide bonds. The van der Waals surface area contributed by atoms with Gasteiger partial charge < -0.3 is 15.5 Å². The van der Waals surface area contributed by atoms with Gasteiger partial charge in [-0.3, -0.25) is 4.79 Å². The molecule has 1 atom stereocenters. The summed E-state index contributed by atoms with van der Waals surface area (Å²) in [6, 6.07) is 0. The fourth-order valence-electron chi connectivity index (χ4n) is 3.56. The van der Waals surface area contributed by atoms with Crippen LogP contribution in [0, 0.1) is 11.3 Å². The maximum absolute atomic E-state index is 13.0. The summed E-state index contributed by atoms with van der Waals surface area (Å²) in [5.74, 6) is 0.685. The van der Waals surface area contributed by atoms with Crippen molar-refractivity contribution in [1.82, 2.24) is 9.80 Å². The third kappa shape index (κ3) is 4.39. The minimum absolute atomic E-state index is 0.119. The van der Waals surface area contributed by atoms with Crippen molar-refractivity contribution in [1.29, 1.82) is 0 Å². The highest BCUT2D eigenvalue weighted by molar-refractivity contribution is 7.80. The molecule has 122 valence electrons. The van der Waals surface area contributed by atoms with E-state index in [-0.39, 0.29) is 5.91 Å². The Morgan fingerprint density at radius 1 is 1.38 bits per heavy atom. The van der Waals surface area contributed by atoms with Crippen LogP contribution in [0.5, 0.6) is 0 Å². The number of amides is 1. The Kier molecular flexibility index (Phi) is 7.07. The van der Waals surface area contributed by atoms with Crippen LogP contribution in [0.4, 0.5) is 0 Å². The van der Waals surface area contributed by atoms with Gasteiger partial charge >= 0.3 is 0 Å². The van der Waals surface area contributed by atoms with E-state index in [0.717, 1.165) is 51.7 Å². The van der Waals surface area contributed by atoms with Gasteiger partial charge in [-0.15, -0.1) is 0 Å². The Morgan fingerprint density at radius 3 is 2.33 bits per heavy atom. The van der Waals surface area contributed by atoms with Crippen LogP contribution in [0.15, 0.2) is 0 Å². The number of rotatable bonds is 8. The van der Waals surface area contributed by atoms with E-state index in [2.05, 4.69) is 25.8 Å². The fraction of sp³-hybridized carbons (Fsp3) is 0.875. The average molecular weight is 314 g/mol. The molecule has 21 heavy (non-hydrogen) atoms. The molecule has 1 aliphatic rings. The summed E-state index contributed by atoms with van der Waals surface area (Å²) in [5, 5.41) is 0. The van der Waals surface area contributed by atoms with E-state index in [1.165, 1.54) is 0 Å². The van der Waals surface area contributed by atoms with Crippen LogP contribution in [0.25, 0.3) is 0 Å². The summed E-state index contributed by atoms with van der Waals surface area (Å²) in [6.07, 6.45) is 4.51. The summed E-state index contributed by atoms with van der Waals surface area (Å²) in [5.41, 5.74) is 5.35. The molecule has 1 rings (SSSR count). The Morgan fingerprint density at radius 2 is 1.95 bits per heavy atom. The van der Waals surface area contributed by atoms with Gasteiger partial charge in [0.25, 0.3) is 0 Å². The lowest BCUT2D eigenvalue weighted by Crippen LogP contribution is -2.50. The quantitative estimate of drug-likeness (QED) is 0.698. The SMILES string of the molecule is CCCC(CCC)(C(=O)N(C)CC1CCN(C)C1)C(N)=S. The first-order valence-corrected chi connectivity index (χ1v) is 8.52. The first-order chi connectivity index (χ1) is 9.87. The predicted molar refractivity (Wildman–Crippen MR) is 92.3 cm³/mol. The van der Waals surface area contributed by atoms with E-state index in [9.17, 15) is 4.79 Å². The highest BCUT2D eigenvalue weighted by atomic mass is 32.1. The maximum Gasteiger partial charge on any atom is 0.235 e.